The number of aryl methyl sites for hydroxylation is 1. The fourth-order valence-electron chi connectivity index (χ4n) is 5.42. The molecule has 1 aliphatic rings. The van der Waals surface area contributed by atoms with Gasteiger partial charge >= 0.3 is 0 Å². The Hall–Kier alpha value is -3.26. The van der Waals surface area contributed by atoms with E-state index >= 15 is 0 Å². The second-order valence-corrected chi connectivity index (χ2v) is 9.56. The van der Waals surface area contributed by atoms with Crippen LogP contribution in [-0.2, 0) is 19.5 Å². The van der Waals surface area contributed by atoms with Crippen LogP contribution in [-0.4, -0.2) is 36.1 Å². The average Bonchev–Trinajstić information content (AvgIpc) is 3.57. The molecule has 1 atom stereocenters. The van der Waals surface area contributed by atoms with Gasteiger partial charge in [-0.3, -0.25) is 9.69 Å². The number of pyridine rings is 1. The third-order valence-corrected chi connectivity index (χ3v) is 7.32. The van der Waals surface area contributed by atoms with Crippen LogP contribution in [0.4, 0.5) is 0 Å². The Balaban J connectivity index is 1.51. The Bertz CT molecular complexity index is 1300. The SMILES string of the molecule is CCc1ccc2[nH]c(=O)c(CN(C3CCCCC3)[C@H](CC)c3nnnn3Cc3ccco3)cc2c1. The molecule has 3 heterocycles. The molecule has 0 spiro atoms. The first-order valence-electron chi connectivity index (χ1n) is 12.8. The van der Waals surface area contributed by atoms with Gasteiger partial charge in [-0.25, -0.2) is 4.68 Å². The molecule has 0 bridgehead atoms. The van der Waals surface area contributed by atoms with Crippen molar-refractivity contribution in [1.29, 1.82) is 0 Å². The van der Waals surface area contributed by atoms with Crippen molar-refractivity contribution in [3.8, 4) is 0 Å². The van der Waals surface area contributed by atoms with Crippen molar-refractivity contribution in [3.63, 3.8) is 0 Å². The normalized spacial score (nSPS) is 15.7. The maximum absolute atomic E-state index is 13.1. The van der Waals surface area contributed by atoms with Crippen LogP contribution < -0.4 is 5.56 Å². The smallest absolute Gasteiger partial charge is 0.252 e. The Morgan fingerprint density at radius 1 is 1.17 bits per heavy atom. The summed E-state index contributed by atoms with van der Waals surface area (Å²) < 4.78 is 7.38. The fraction of sp³-hybridized carbons (Fsp3) is 0.481. The van der Waals surface area contributed by atoms with Gasteiger partial charge in [-0.2, -0.15) is 0 Å². The summed E-state index contributed by atoms with van der Waals surface area (Å²) in [7, 11) is 0. The monoisotopic (exact) mass is 474 g/mol. The van der Waals surface area contributed by atoms with E-state index in [-0.39, 0.29) is 11.6 Å². The summed E-state index contributed by atoms with van der Waals surface area (Å²) in [4.78, 5) is 18.7. The number of fused-ring (bicyclic) bond motifs is 1. The zero-order valence-electron chi connectivity index (χ0n) is 20.6. The summed E-state index contributed by atoms with van der Waals surface area (Å²) in [5.74, 6) is 1.63. The Morgan fingerprint density at radius 3 is 2.77 bits per heavy atom. The lowest BCUT2D eigenvalue weighted by atomic mass is 9.92. The molecule has 3 aromatic heterocycles. The van der Waals surface area contributed by atoms with Gasteiger partial charge in [-0.05, 0) is 77.4 Å². The molecule has 8 heteroatoms. The molecule has 1 aliphatic carbocycles. The van der Waals surface area contributed by atoms with E-state index in [2.05, 4.69) is 57.5 Å². The molecule has 1 aromatic carbocycles. The lowest BCUT2D eigenvalue weighted by Gasteiger charge is -2.39. The van der Waals surface area contributed by atoms with Gasteiger partial charge in [0.05, 0.1) is 12.3 Å². The van der Waals surface area contributed by atoms with E-state index < -0.39 is 0 Å². The summed E-state index contributed by atoms with van der Waals surface area (Å²) >= 11 is 0. The number of nitrogens with one attached hydrogen (secondary N) is 1. The first-order chi connectivity index (χ1) is 17.2. The number of rotatable bonds is 9. The van der Waals surface area contributed by atoms with E-state index in [9.17, 15) is 4.79 Å². The molecule has 0 saturated heterocycles. The van der Waals surface area contributed by atoms with Gasteiger partial charge in [-0.1, -0.05) is 39.2 Å². The summed E-state index contributed by atoms with van der Waals surface area (Å²) in [6.07, 6.45) is 9.43. The van der Waals surface area contributed by atoms with Crippen LogP contribution in [0.5, 0.6) is 0 Å². The zero-order chi connectivity index (χ0) is 24.2. The lowest BCUT2D eigenvalue weighted by molar-refractivity contribution is 0.0842. The van der Waals surface area contributed by atoms with Crippen LogP contribution in [0.3, 0.4) is 0 Å². The molecule has 4 aromatic rings. The molecule has 1 saturated carbocycles. The molecule has 35 heavy (non-hydrogen) atoms. The second-order valence-electron chi connectivity index (χ2n) is 9.56. The Morgan fingerprint density at radius 2 is 2.03 bits per heavy atom. The van der Waals surface area contributed by atoms with Crippen LogP contribution in [0.25, 0.3) is 10.9 Å². The van der Waals surface area contributed by atoms with Crippen LogP contribution in [0.15, 0.2) is 51.9 Å². The van der Waals surface area contributed by atoms with Gasteiger partial charge in [0.1, 0.15) is 12.3 Å². The van der Waals surface area contributed by atoms with Gasteiger partial charge < -0.3 is 9.40 Å². The van der Waals surface area contributed by atoms with Crippen molar-refractivity contribution in [2.45, 2.75) is 84.0 Å². The quantitative estimate of drug-likeness (QED) is 0.367. The molecule has 0 unspecified atom stereocenters. The van der Waals surface area contributed by atoms with E-state index in [0.717, 1.165) is 53.7 Å². The van der Waals surface area contributed by atoms with Gasteiger partial charge in [0.25, 0.3) is 5.56 Å². The van der Waals surface area contributed by atoms with Crippen LogP contribution >= 0.6 is 0 Å². The highest BCUT2D eigenvalue weighted by molar-refractivity contribution is 5.79. The zero-order valence-corrected chi connectivity index (χ0v) is 20.6. The summed E-state index contributed by atoms with van der Waals surface area (Å²) in [5.41, 5.74) is 2.92. The van der Waals surface area contributed by atoms with Crippen molar-refractivity contribution >= 4 is 10.9 Å². The summed E-state index contributed by atoms with van der Waals surface area (Å²) in [6, 6.07) is 12.5. The molecule has 8 nitrogen and oxygen atoms in total. The molecule has 184 valence electrons. The Kier molecular flexibility index (Phi) is 7.08. The van der Waals surface area contributed by atoms with Crippen LogP contribution in [0.2, 0.25) is 0 Å². The second kappa shape index (κ2) is 10.6. The fourth-order valence-corrected chi connectivity index (χ4v) is 5.42. The van der Waals surface area contributed by atoms with Crippen molar-refractivity contribution < 1.29 is 4.42 Å². The van der Waals surface area contributed by atoms with Crippen molar-refractivity contribution in [1.82, 2.24) is 30.1 Å². The largest absolute Gasteiger partial charge is 0.467 e. The van der Waals surface area contributed by atoms with Crippen molar-refractivity contribution in [2.75, 3.05) is 0 Å². The highest BCUT2D eigenvalue weighted by Gasteiger charge is 2.32. The average molecular weight is 475 g/mol. The van der Waals surface area contributed by atoms with Gasteiger partial charge in [0.2, 0.25) is 0 Å². The summed E-state index contributed by atoms with van der Waals surface area (Å²) in [6.45, 7) is 5.38. The van der Waals surface area contributed by atoms with E-state index in [1.165, 1.54) is 24.8 Å². The standard InChI is InChI=1S/C27H34N6O2/c1-3-19-12-13-24-20(15-19)16-21(27(34)28-24)17-32(22-9-6-5-7-10-22)25(4-2)26-29-30-31-33(26)18-23-11-8-14-35-23/h8,11-16,22,25H,3-7,9-10,17-18H2,1-2H3,(H,28,34)/t25-/m1/s1. The number of H-pyrrole nitrogens is 1. The van der Waals surface area contributed by atoms with Gasteiger partial charge in [0, 0.05) is 23.7 Å². The van der Waals surface area contributed by atoms with E-state index in [1.807, 2.05) is 22.9 Å². The lowest BCUT2D eigenvalue weighted by Crippen LogP contribution is -2.41. The topological polar surface area (TPSA) is 92.8 Å². The highest BCUT2D eigenvalue weighted by Crippen LogP contribution is 2.33. The Labute approximate surface area is 205 Å². The van der Waals surface area contributed by atoms with Crippen molar-refractivity contribution in [3.05, 3.63) is 75.7 Å². The van der Waals surface area contributed by atoms with E-state index in [1.54, 1.807) is 6.26 Å². The van der Waals surface area contributed by atoms with Crippen LogP contribution in [0, 0.1) is 0 Å². The predicted octanol–water partition coefficient (Wildman–Crippen LogP) is 5.00. The maximum atomic E-state index is 13.1. The predicted molar refractivity (Wildman–Crippen MR) is 135 cm³/mol. The minimum Gasteiger partial charge on any atom is -0.467 e. The third-order valence-electron chi connectivity index (χ3n) is 7.32. The number of nitrogens with zero attached hydrogens (tertiary/aromatic N) is 5. The van der Waals surface area contributed by atoms with Gasteiger partial charge in [-0.15, -0.1) is 5.10 Å². The summed E-state index contributed by atoms with van der Waals surface area (Å²) in [5, 5.41) is 13.8. The number of aromatic nitrogens is 5. The van der Waals surface area contributed by atoms with Crippen molar-refractivity contribution in [2.24, 2.45) is 0 Å². The third kappa shape index (κ3) is 5.07. The molecule has 5 rings (SSSR count). The van der Waals surface area contributed by atoms with Gasteiger partial charge in [0.15, 0.2) is 5.82 Å². The molecule has 0 aliphatic heterocycles. The number of hydrogen-bond acceptors (Lipinski definition) is 6. The maximum Gasteiger partial charge on any atom is 0.252 e. The minimum atomic E-state index is -0.0208. The molecular weight excluding hydrogens is 440 g/mol. The van der Waals surface area contributed by atoms with Crippen LogP contribution in [0.1, 0.15) is 81.1 Å². The molecule has 0 amide bonds. The number of aromatic amines is 1. The number of hydrogen-bond donors (Lipinski definition) is 1. The van der Waals surface area contributed by atoms with E-state index in [0.29, 0.717) is 19.1 Å². The highest BCUT2D eigenvalue weighted by atomic mass is 16.3. The van der Waals surface area contributed by atoms with E-state index in [4.69, 9.17) is 4.42 Å². The number of benzene rings is 1. The molecule has 0 radical (unpaired) electrons. The first kappa shape index (κ1) is 23.5. The number of tetrazole rings is 1. The first-order valence-corrected chi connectivity index (χ1v) is 12.8. The number of furan rings is 1. The minimum absolute atomic E-state index is 0.000125. The molecular formula is C27H34N6O2. The molecule has 1 fully saturated rings. The molecule has 1 N–H and O–H groups in total.